The molecular weight excluding hydrogens is 312 g/mol. The van der Waals surface area contributed by atoms with Crippen molar-refractivity contribution >= 4 is 17.7 Å². The van der Waals surface area contributed by atoms with Gasteiger partial charge in [-0.15, -0.1) is 11.8 Å². The molecule has 2 atom stereocenters. The number of likely N-dealkylation sites (tertiary alicyclic amines) is 1. The number of rotatable bonds is 4. The lowest BCUT2D eigenvalue weighted by Gasteiger charge is -2.48. The number of hydrogen-bond donors (Lipinski definition) is 0. The number of nitrogens with zero attached hydrogens (tertiary/aromatic N) is 2. The number of amides is 1. The van der Waals surface area contributed by atoms with Crippen LogP contribution in [-0.2, 0) is 20.9 Å². The van der Waals surface area contributed by atoms with Crippen LogP contribution < -0.4 is 0 Å². The molecule has 124 valence electrons. The predicted octanol–water partition coefficient (Wildman–Crippen LogP) is 1.72. The minimum atomic E-state index is 0.0939. The van der Waals surface area contributed by atoms with Gasteiger partial charge in [-0.25, -0.2) is 0 Å². The van der Waals surface area contributed by atoms with Gasteiger partial charge in [-0.1, -0.05) is 6.07 Å². The van der Waals surface area contributed by atoms with Crippen molar-refractivity contribution < 1.29 is 14.3 Å². The molecule has 1 aromatic heterocycles. The van der Waals surface area contributed by atoms with Crippen LogP contribution in [0.5, 0.6) is 0 Å². The average molecular weight is 334 g/mol. The quantitative estimate of drug-likeness (QED) is 0.839. The minimum Gasteiger partial charge on any atom is -0.381 e. The Balaban J connectivity index is 1.24. The van der Waals surface area contributed by atoms with Gasteiger partial charge in [0.1, 0.15) is 0 Å². The first kappa shape index (κ1) is 15.4. The molecule has 3 aliphatic rings. The number of ether oxygens (including phenoxy) is 2. The highest BCUT2D eigenvalue weighted by molar-refractivity contribution is 8.01. The lowest BCUT2D eigenvalue weighted by Crippen LogP contribution is -2.62. The molecule has 5 nitrogen and oxygen atoms in total. The number of pyridine rings is 1. The fourth-order valence-electron chi connectivity index (χ4n) is 3.62. The van der Waals surface area contributed by atoms with E-state index in [0.29, 0.717) is 13.2 Å². The first-order valence-corrected chi connectivity index (χ1v) is 9.24. The Morgan fingerprint density at radius 3 is 3.17 bits per heavy atom. The summed E-state index contributed by atoms with van der Waals surface area (Å²) in [5.74, 6) is 1.40. The van der Waals surface area contributed by atoms with Gasteiger partial charge in [0, 0.05) is 37.8 Å². The molecule has 0 radical (unpaired) electrons. The van der Waals surface area contributed by atoms with Crippen molar-refractivity contribution in [1.29, 1.82) is 0 Å². The van der Waals surface area contributed by atoms with Gasteiger partial charge in [-0.2, -0.15) is 0 Å². The van der Waals surface area contributed by atoms with Gasteiger partial charge < -0.3 is 14.4 Å². The molecule has 3 saturated heterocycles. The smallest absolute Gasteiger partial charge is 0.228 e. The van der Waals surface area contributed by atoms with Crippen LogP contribution in [0, 0.1) is 5.92 Å². The third-order valence-corrected chi connectivity index (χ3v) is 6.51. The van der Waals surface area contributed by atoms with Crippen LogP contribution in [-0.4, -0.2) is 58.7 Å². The Bertz CT molecular complexity index is 556. The summed E-state index contributed by atoms with van der Waals surface area (Å²) in [4.78, 5) is 18.5. The van der Waals surface area contributed by atoms with E-state index in [0.717, 1.165) is 43.9 Å². The zero-order valence-electron chi connectivity index (χ0n) is 13.1. The first-order chi connectivity index (χ1) is 11.2. The van der Waals surface area contributed by atoms with Crippen molar-refractivity contribution in [3.8, 4) is 0 Å². The molecule has 6 heteroatoms. The van der Waals surface area contributed by atoms with E-state index in [1.54, 1.807) is 6.20 Å². The molecule has 3 fully saturated rings. The summed E-state index contributed by atoms with van der Waals surface area (Å²) in [6.07, 6.45) is 5.84. The number of hydrogen-bond acceptors (Lipinski definition) is 5. The second-order valence-electron chi connectivity index (χ2n) is 6.75. The zero-order chi connectivity index (χ0) is 15.7. The summed E-state index contributed by atoms with van der Waals surface area (Å²) in [5, 5.41) is 0. The van der Waals surface area contributed by atoms with Gasteiger partial charge in [0.25, 0.3) is 0 Å². The van der Waals surface area contributed by atoms with Crippen molar-refractivity contribution in [2.24, 2.45) is 5.92 Å². The normalized spacial score (nSPS) is 29.0. The summed E-state index contributed by atoms with van der Waals surface area (Å²) < 4.78 is 11.6. The SMILES string of the molecule is O=C([C@H]1CCOC1)N1CC2(C[C@@H](OCc3cccnc3)CS2)C1. The van der Waals surface area contributed by atoms with Crippen LogP contribution in [0.3, 0.4) is 0 Å². The number of thioether (sulfide) groups is 1. The van der Waals surface area contributed by atoms with Crippen molar-refractivity contribution in [1.82, 2.24) is 9.88 Å². The van der Waals surface area contributed by atoms with Gasteiger partial charge in [0.15, 0.2) is 0 Å². The predicted molar refractivity (Wildman–Crippen MR) is 88.1 cm³/mol. The third-order valence-electron chi connectivity index (χ3n) is 4.93. The summed E-state index contributed by atoms with van der Waals surface area (Å²) >= 11 is 1.97. The fraction of sp³-hybridized carbons (Fsp3) is 0.647. The summed E-state index contributed by atoms with van der Waals surface area (Å²) in [6.45, 7) is 3.71. The highest BCUT2D eigenvalue weighted by atomic mass is 32.2. The number of carbonyl (C=O) groups is 1. The zero-order valence-corrected chi connectivity index (χ0v) is 14.0. The second kappa shape index (κ2) is 6.42. The van der Waals surface area contributed by atoms with Gasteiger partial charge in [0.2, 0.25) is 5.91 Å². The largest absolute Gasteiger partial charge is 0.381 e. The van der Waals surface area contributed by atoms with E-state index in [2.05, 4.69) is 4.98 Å². The van der Waals surface area contributed by atoms with E-state index in [4.69, 9.17) is 9.47 Å². The molecule has 4 heterocycles. The highest BCUT2D eigenvalue weighted by Gasteiger charge is 2.51. The maximum Gasteiger partial charge on any atom is 0.228 e. The van der Waals surface area contributed by atoms with Crippen molar-refractivity contribution in [3.63, 3.8) is 0 Å². The summed E-state index contributed by atoms with van der Waals surface area (Å²) in [6, 6.07) is 3.98. The second-order valence-corrected chi connectivity index (χ2v) is 8.24. The van der Waals surface area contributed by atoms with Gasteiger partial charge in [-0.05, 0) is 24.5 Å². The summed E-state index contributed by atoms with van der Waals surface area (Å²) in [7, 11) is 0. The lowest BCUT2D eigenvalue weighted by atomic mass is 9.91. The highest BCUT2D eigenvalue weighted by Crippen LogP contribution is 2.46. The van der Waals surface area contributed by atoms with Gasteiger partial charge >= 0.3 is 0 Å². The van der Waals surface area contributed by atoms with E-state index < -0.39 is 0 Å². The molecular formula is C17H22N2O3S. The number of aromatic nitrogens is 1. The van der Waals surface area contributed by atoms with Crippen molar-refractivity contribution in [2.45, 2.75) is 30.3 Å². The molecule has 4 rings (SSSR count). The van der Waals surface area contributed by atoms with E-state index in [1.165, 1.54) is 0 Å². The minimum absolute atomic E-state index is 0.0939. The van der Waals surface area contributed by atoms with Gasteiger partial charge in [-0.3, -0.25) is 9.78 Å². The number of carbonyl (C=O) groups excluding carboxylic acids is 1. The van der Waals surface area contributed by atoms with Crippen LogP contribution in [0.2, 0.25) is 0 Å². The van der Waals surface area contributed by atoms with E-state index in [-0.39, 0.29) is 22.7 Å². The maximum absolute atomic E-state index is 12.4. The lowest BCUT2D eigenvalue weighted by molar-refractivity contribution is -0.141. The Kier molecular flexibility index (Phi) is 4.30. The Morgan fingerprint density at radius 1 is 1.52 bits per heavy atom. The van der Waals surface area contributed by atoms with E-state index in [1.807, 2.05) is 35.0 Å². The summed E-state index contributed by atoms with van der Waals surface area (Å²) in [5.41, 5.74) is 1.12. The molecule has 0 bridgehead atoms. The molecule has 1 aromatic rings. The molecule has 23 heavy (non-hydrogen) atoms. The third kappa shape index (κ3) is 3.25. The topological polar surface area (TPSA) is 51.7 Å². The molecule has 0 unspecified atom stereocenters. The average Bonchev–Trinajstić information content (AvgIpc) is 3.22. The first-order valence-electron chi connectivity index (χ1n) is 8.25. The van der Waals surface area contributed by atoms with Crippen LogP contribution in [0.25, 0.3) is 0 Å². The van der Waals surface area contributed by atoms with E-state index >= 15 is 0 Å². The standard InChI is InChI=1S/C17H22N2O3S/c20-16(14-3-5-21-9-14)19-11-17(12-19)6-15(10-23-17)22-8-13-2-1-4-18-7-13/h1-2,4,7,14-15H,3,5-6,8-12H2/t14-,15+/m0/s1. The monoisotopic (exact) mass is 334 g/mol. The fourth-order valence-corrected chi connectivity index (χ4v) is 5.17. The molecule has 0 N–H and O–H groups in total. The van der Waals surface area contributed by atoms with Crippen LogP contribution >= 0.6 is 11.8 Å². The van der Waals surface area contributed by atoms with E-state index in [9.17, 15) is 4.79 Å². The van der Waals surface area contributed by atoms with Crippen molar-refractivity contribution in [2.75, 3.05) is 32.1 Å². The van der Waals surface area contributed by atoms with Gasteiger partial charge in [0.05, 0.1) is 30.0 Å². The molecule has 0 aromatic carbocycles. The molecule has 0 saturated carbocycles. The maximum atomic E-state index is 12.4. The molecule has 1 spiro atoms. The van der Waals surface area contributed by atoms with Crippen LogP contribution in [0.4, 0.5) is 0 Å². The Hall–Kier alpha value is -1.11. The Labute approximate surface area is 140 Å². The van der Waals surface area contributed by atoms with Crippen molar-refractivity contribution in [3.05, 3.63) is 30.1 Å². The van der Waals surface area contributed by atoms with Crippen LogP contribution in [0.1, 0.15) is 18.4 Å². The van der Waals surface area contributed by atoms with Crippen LogP contribution in [0.15, 0.2) is 24.5 Å². The molecule has 0 aliphatic carbocycles. The molecule has 3 aliphatic heterocycles. The Morgan fingerprint density at radius 2 is 2.43 bits per heavy atom. The molecule has 1 amide bonds.